The third-order valence-electron chi connectivity index (χ3n) is 4.57. The van der Waals surface area contributed by atoms with E-state index in [1.54, 1.807) is 0 Å². The van der Waals surface area contributed by atoms with Crippen LogP contribution in [0.2, 0.25) is 0 Å². The maximum atomic E-state index is 10.1. The second-order valence-electron chi connectivity index (χ2n) is 6.30. The molecule has 0 amide bonds. The fourth-order valence-corrected chi connectivity index (χ4v) is 3.45. The maximum Gasteiger partial charge on any atom is 0.0746 e. The van der Waals surface area contributed by atoms with Crippen molar-refractivity contribution in [1.29, 1.82) is 0 Å². The first-order chi connectivity index (χ1) is 10.2. The molecule has 2 atom stereocenters. The van der Waals surface area contributed by atoms with Gasteiger partial charge in [0.15, 0.2) is 0 Å². The molecule has 0 radical (unpaired) electrons. The number of hydrogen-bond acceptors (Lipinski definition) is 3. The van der Waals surface area contributed by atoms with Crippen LogP contribution in [0.25, 0.3) is 10.9 Å². The fraction of sp³-hybridized carbons (Fsp3) is 0.500. The highest BCUT2D eigenvalue weighted by Gasteiger charge is 2.24. The molecule has 1 aromatic carbocycles. The highest BCUT2D eigenvalue weighted by Crippen LogP contribution is 2.25. The van der Waals surface area contributed by atoms with E-state index >= 15 is 0 Å². The summed E-state index contributed by atoms with van der Waals surface area (Å²) in [4.78, 5) is 6.84. The topological polar surface area (TPSA) is 36.4 Å². The van der Waals surface area contributed by atoms with Gasteiger partial charge < -0.3 is 10.0 Å². The van der Waals surface area contributed by atoms with Crippen molar-refractivity contribution < 1.29 is 5.11 Å². The second-order valence-corrected chi connectivity index (χ2v) is 6.30. The Kier molecular flexibility index (Phi) is 4.51. The summed E-state index contributed by atoms with van der Waals surface area (Å²) in [7, 11) is 2.14. The predicted octanol–water partition coefficient (Wildman–Crippen LogP) is 3.22. The fourth-order valence-electron chi connectivity index (χ4n) is 3.45. The van der Waals surface area contributed by atoms with Crippen LogP contribution >= 0.6 is 0 Å². The lowest BCUT2D eigenvalue weighted by atomic mass is 9.86. The van der Waals surface area contributed by atoms with Crippen molar-refractivity contribution in [3.8, 4) is 0 Å². The van der Waals surface area contributed by atoms with Gasteiger partial charge in [-0.1, -0.05) is 37.1 Å². The normalized spacial score (nSPS) is 22.8. The SMILES string of the molecule is CN(Cc1cccc2cccnc12)CC1CCCCC1O. The molecule has 1 heterocycles. The molecule has 1 fully saturated rings. The van der Waals surface area contributed by atoms with E-state index in [0.717, 1.165) is 31.4 Å². The van der Waals surface area contributed by atoms with Gasteiger partial charge in [-0.05, 0) is 37.4 Å². The van der Waals surface area contributed by atoms with E-state index in [2.05, 4.69) is 41.2 Å². The molecule has 0 bridgehead atoms. The van der Waals surface area contributed by atoms with Crippen LogP contribution in [0.5, 0.6) is 0 Å². The van der Waals surface area contributed by atoms with Crippen molar-refractivity contribution in [3.05, 3.63) is 42.1 Å². The summed E-state index contributed by atoms with van der Waals surface area (Å²) in [6.07, 6.45) is 6.29. The van der Waals surface area contributed by atoms with Gasteiger partial charge in [0, 0.05) is 24.7 Å². The molecule has 1 aromatic heterocycles. The minimum atomic E-state index is -0.119. The first kappa shape index (κ1) is 14.5. The van der Waals surface area contributed by atoms with Gasteiger partial charge in [-0.3, -0.25) is 4.98 Å². The molecule has 1 aliphatic carbocycles. The summed E-state index contributed by atoms with van der Waals surface area (Å²) < 4.78 is 0. The number of hydrogen-bond donors (Lipinski definition) is 1. The molecule has 112 valence electrons. The van der Waals surface area contributed by atoms with Gasteiger partial charge in [0.2, 0.25) is 0 Å². The maximum absolute atomic E-state index is 10.1. The molecule has 2 unspecified atom stereocenters. The number of pyridine rings is 1. The number of rotatable bonds is 4. The van der Waals surface area contributed by atoms with Gasteiger partial charge in [0.1, 0.15) is 0 Å². The second kappa shape index (κ2) is 6.54. The summed E-state index contributed by atoms with van der Waals surface area (Å²) >= 11 is 0. The average Bonchev–Trinajstić information content (AvgIpc) is 2.50. The quantitative estimate of drug-likeness (QED) is 0.936. The Bertz CT molecular complexity index is 593. The molecule has 0 aliphatic heterocycles. The monoisotopic (exact) mass is 284 g/mol. The summed E-state index contributed by atoms with van der Waals surface area (Å²) in [5, 5.41) is 11.3. The summed E-state index contributed by atoms with van der Waals surface area (Å²) in [5.74, 6) is 0.423. The third-order valence-corrected chi connectivity index (χ3v) is 4.57. The van der Waals surface area contributed by atoms with Crippen LogP contribution in [0.3, 0.4) is 0 Å². The van der Waals surface area contributed by atoms with Crippen molar-refractivity contribution >= 4 is 10.9 Å². The standard InChI is InChI=1S/C18H24N2O/c1-20(12-15-6-2-3-10-17(15)21)13-16-8-4-7-14-9-5-11-19-18(14)16/h4-5,7-9,11,15,17,21H,2-3,6,10,12-13H2,1H3. The number of fused-ring (bicyclic) bond motifs is 1. The van der Waals surface area contributed by atoms with E-state index in [-0.39, 0.29) is 6.10 Å². The highest BCUT2D eigenvalue weighted by atomic mass is 16.3. The van der Waals surface area contributed by atoms with Gasteiger partial charge in [0.05, 0.1) is 11.6 Å². The first-order valence-electron chi connectivity index (χ1n) is 7.93. The summed E-state index contributed by atoms with van der Waals surface area (Å²) in [6, 6.07) is 10.5. The van der Waals surface area contributed by atoms with Gasteiger partial charge in [-0.15, -0.1) is 0 Å². The van der Waals surface area contributed by atoms with E-state index in [1.165, 1.54) is 23.8 Å². The number of aromatic nitrogens is 1. The Morgan fingerprint density at radius 3 is 2.86 bits per heavy atom. The Hall–Kier alpha value is -1.45. The number of nitrogens with zero attached hydrogens (tertiary/aromatic N) is 2. The predicted molar refractivity (Wildman–Crippen MR) is 86.0 cm³/mol. The number of aliphatic hydroxyl groups excluding tert-OH is 1. The van der Waals surface area contributed by atoms with Crippen LogP contribution < -0.4 is 0 Å². The van der Waals surface area contributed by atoms with Crippen LogP contribution in [0.15, 0.2) is 36.5 Å². The Morgan fingerprint density at radius 1 is 1.19 bits per heavy atom. The van der Waals surface area contributed by atoms with E-state index < -0.39 is 0 Å². The largest absolute Gasteiger partial charge is 0.393 e. The molecular weight excluding hydrogens is 260 g/mol. The summed E-state index contributed by atoms with van der Waals surface area (Å²) in [5.41, 5.74) is 2.36. The minimum absolute atomic E-state index is 0.119. The molecule has 21 heavy (non-hydrogen) atoms. The zero-order chi connectivity index (χ0) is 14.7. The van der Waals surface area contributed by atoms with Crippen molar-refractivity contribution in [1.82, 2.24) is 9.88 Å². The Balaban J connectivity index is 1.70. The Labute approximate surface area is 126 Å². The van der Waals surface area contributed by atoms with Crippen LogP contribution in [0.4, 0.5) is 0 Å². The molecule has 2 aromatic rings. The van der Waals surface area contributed by atoms with Gasteiger partial charge >= 0.3 is 0 Å². The minimum Gasteiger partial charge on any atom is -0.393 e. The summed E-state index contributed by atoms with van der Waals surface area (Å²) in [6.45, 7) is 1.85. The molecule has 1 N–H and O–H groups in total. The number of benzene rings is 1. The van der Waals surface area contributed by atoms with Crippen LogP contribution in [0.1, 0.15) is 31.2 Å². The lowest BCUT2D eigenvalue weighted by Gasteiger charge is -2.31. The van der Waals surface area contributed by atoms with Crippen molar-refractivity contribution in [3.63, 3.8) is 0 Å². The molecular formula is C18H24N2O. The lowest BCUT2D eigenvalue weighted by molar-refractivity contribution is 0.0502. The van der Waals surface area contributed by atoms with Crippen molar-refractivity contribution in [2.24, 2.45) is 5.92 Å². The molecule has 0 saturated heterocycles. The van der Waals surface area contributed by atoms with Gasteiger partial charge in [0.25, 0.3) is 0 Å². The van der Waals surface area contributed by atoms with E-state index in [0.29, 0.717) is 5.92 Å². The third kappa shape index (κ3) is 3.42. The average molecular weight is 284 g/mol. The lowest BCUT2D eigenvalue weighted by Crippen LogP contribution is -2.34. The van der Waals surface area contributed by atoms with E-state index in [4.69, 9.17) is 0 Å². The van der Waals surface area contributed by atoms with Crippen LogP contribution in [0, 0.1) is 5.92 Å². The number of aliphatic hydroxyl groups is 1. The van der Waals surface area contributed by atoms with E-state index in [9.17, 15) is 5.11 Å². The Morgan fingerprint density at radius 2 is 2.00 bits per heavy atom. The molecule has 0 spiro atoms. The molecule has 3 nitrogen and oxygen atoms in total. The molecule has 3 rings (SSSR count). The first-order valence-corrected chi connectivity index (χ1v) is 7.93. The van der Waals surface area contributed by atoms with Gasteiger partial charge in [-0.2, -0.15) is 0 Å². The van der Waals surface area contributed by atoms with Crippen molar-refractivity contribution in [2.75, 3.05) is 13.6 Å². The molecule has 1 aliphatic rings. The smallest absolute Gasteiger partial charge is 0.0746 e. The highest BCUT2D eigenvalue weighted by molar-refractivity contribution is 5.81. The zero-order valence-electron chi connectivity index (χ0n) is 12.7. The van der Waals surface area contributed by atoms with Crippen LogP contribution in [-0.2, 0) is 6.54 Å². The van der Waals surface area contributed by atoms with Crippen LogP contribution in [-0.4, -0.2) is 34.7 Å². The molecule has 3 heteroatoms. The molecule has 1 saturated carbocycles. The zero-order valence-corrected chi connectivity index (χ0v) is 12.7. The number of para-hydroxylation sites is 1. The van der Waals surface area contributed by atoms with Gasteiger partial charge in [-0.25, -0.2) is 0 Å². The van der Waals surface area contributed by atoms with E-state index in [1.807, 2.05) is 12.3 Å². The van der Waals surface area contributed by atoms with Crippen molar-refractivity contribution in [2.45, 2.75) is 38.3 Å².